The molecule has 6 aromatic rings. The molecule has 0 N–H and O–H groups in total. The Morgan fingerprint density at radius 3 is 1.82 bits per heavy atom. The highest BCUT2D eigenvalue weighted by molar-refractivity contribution is 6.12. The predicted molar refractivity (Wildman–Crippen MR) is 204 cm³/mol. The number of aromatic nitrogens is 1. The second kappa shape index (κ2) is 13.0. The molecule has 0 aliphatic rings. The van der Waals surface area contributed by atoms with Gasteiger partial charge in [0.2, 0.25) is 0 Å². The molecule has 0 aliphatic carbocycles. The summed E-state index contributed by atoms with van der Waals surface area (Å²) >= 11 is 0. The molecule has 0 atom stereocenters. The number of halogens is 3. The molecule has 5 aromatic carbocycles. The van der Waals surface area contributed by atoms with E-state index in [1.807, 2.05) is 75.4 Å². The van der Waals surface area contributed by atoms with Gasteiger partial charge in [0.05, 0.1) is 28.4 Å². The summed E-state index contributed by atoms with van der Waals surface area (Å²) in [4.78, 5) is 0. The number of allylic oxidation sites excluding steroid dienone is 4. The number of hydrogen-bond donors (Lipinski definition) is 0. The van der Waals surface area contributed by atoms with Gasteiger partial charge in [-0.05, 0) is 135 Å². The molecule has 0 fully saturated rings. The van der Waals surface area contributed by atoms with Crippen LogP contribution in [0.15, 0.2) is 103 Å². The van der Waals surface area contributed by atoms with Crippen LogP contribution in [0.5, 0.6) is 0 Å². The monoisotopic (exact) mass is 664 g/mol. The van der Waals surface area contributed by atoms with Crippen molar-refractivity contribution in [3.8, 4) is 34.0 Å². The van der Waals surface area contributed by atoms with Crippen LogP contribution in [0, 0.1) is 45.9 Å². The Hall–Kier alpha value is -5.60. The Balaban J connectivity index is 1.75. The summed E-state index contributed by atoms with van der Waals surface area (Å²) in [6.07, 6.45) is 0.707. The first-order chi connectivity index (χ1) is 23.8. The molecule has 2 nitrogen and oxygen atoms in total. The lowest BCUT2D eigenvalue weighted by molar-refractivity contribution is -0.0906. The van der Waals surface area contributed by atoms with Gasteiger partial charge in [0, 0.05) is 21.9 Å². The average Bonchev–Trinajstić information content (AvgIpc) is 3.37. The minimum absolute atomic E-state index is 0.0683. The smallest absolute Gasteiger partial charge is 0.309 e. The summed E-state index contributed by atoms with van der Waals surface area (Å²) in [7, 11) is 0. The van der Waals surface area contributed by atoms with Crippen LogP contribution in [0.1, 0.15) is 58.4 Å². The van der Waals surface area contributed by atoms with Crippen molar-refractivity contribution in [3.05, 3.63) is 148 Å². The Morgan fingerprint density at radius 2 is 1.30 bits per heavy atom. The number of rotatable bonds is 6. The third kappa shape index (κ3) is 5.86. The van der Waals surface area contributed by atoms with Crippen LogP contribution >= 0.6 is 0 Å². The molecule has 250 valence electrons. The number of nitrogens with zero attached hydrogens (tertiary/aromatic N) is 2. The maximum atomic E-state index is 14.1. The van der Waals surface area contributed by atoms with Gasteiger partial charge in [0.15, 0.2) is 0 Å². The van der Waals surface area contributed by atoms with E-state index in [2.05, 4.69) is 74.4 Å². The third-order valence-electron chi connectivity index (χ3n) is 9.60. The molecule has 0 amide bonds. The lowest BCUT2D eigenvalue weighted by atomic mass is 9.87. The van der Waals surface area contributed by atoms with Crippen LogP contribution in [0.4, 0.5) is 13.2 Å². The van der Waals surface area contributed by atoms with Crippen molar-refractivity contribution in [1.82, 2.24) is 4.57 Å². The molecule has 0 spiro atoms. The summed E-state index contributed by atoms with van der Waals surface area (Å²) in [5, 5.41) is 12.0. The second-order valence-electron chi connectivity index (χ2n) is 13.2. The first-order valence-corrected chi connectivity index (χ1v) is 16.6. The maximum Gasteiger partial charge on any atom is 0.413 e. The normalized spacial score (nSPS) is 12.5. The number of alkyl halides is 3. The summed E-state index contributed by atoms with van der Waals surface area (Å²) in [5.74, 6) is 0. The van der Waals surface area contributed by atoms with Gasteiger partial charge in [-0.2, -0.15) is 18.4 Å². The zero-order valence-corrected chi connectivity index (χ0v) is 29.5. The van der Waals surface area contributed by atoms with Crippen LogP contribution in [0.3, 0.4) is 0 Å². The van der Waals surface area contributed by atoms with Crippen molar-refractivity contribution >= 4 is 33.5 Å². The Kier molecular flexibility index (Phi) is 8.93. The van der Waals surface area contributed by atoms with Crippen LogP contribution in [-0.2, 0) is 0 Å². The summed E-state index contributed by atoms with van der Waals surface area (Å²) < 4.78 is 44.5. The van der Waals surface area contributed by atoms with Crippen LogP contribution in [0.2, 0.25) is 0 Å². The van der Waals surface area contributed by atoms with Crippen LogP contribution in [0.25, 0.3) is 61.4 Å². The summed E-state index contributed by atoms with van der Waals surface area (Å²) in [6.45, 7) is 17.1. The van der Waals surface area contributed by atoms with E-state index in [4.69, 9.17) is 0 Å². The molecule has 0 unspecified atom stereocenters. The SMILES string of the molecule is C=C/C(=C(\C)C(F)(F)F)c1cc(C)cc(C)c1-c1ccc2c(c1)c1cc(-c3c(C)cc(C)cc3C)ccc1n2-c1cccc(C#N)c1/C=C/C. The standard InChI is InChI=1S/C45H39F3N2/c1-9-12-36-34(25-49)13-11-14-40(36)50-41-17-15-32(43-28(5)19-26(3)20-29(43)6)23-37(41)38-24-33(16-18-42(38)50)44-30(7)21-27(4)22-39(44)35(10-2)31(8)45(46,47)48/h9-24H,2H2,1,3-8H3/b12-9+,35-31-. The molecule has 0 saturated carbocycles. The fraction of sp³-hybridized carbons (Fsp3) is 0.178. The second-order valence-corrected chi connectivity index (χ2v) is 13.2. The molecule has 0 saturated heterocycles. The lowest BCUT2D eigenvalue weighted by Crippen LogP contribution is -2.11. The fourth-order valence-electron chi connectivity index (χ4n) is 7.60. The van der Waals surface area contributed by atoms with Gasteiger partial charge in [0.1, 0.15) is 0 Å². The predicted octanol–water partition coefficient (Wildman–Crippen LogP) is 13.1. The van der Waals surface area contributed by atoms with E-state index >= 15 is 0 Å². The fourth-order valence-corrected chi connectivity index (χ4v) is 7.60. The first kappa shape index (κ1) is 34.3. The van der Waals surface area contributed by atoms with Crippen molar-refractivity contribution in [2.24, 2.45) is 0 Å². The molecule has 0 aliphatic heterocycles. The number of aryl methyl sites for hydroxylation is 5. The van der Waals surface area contributed by atoms with E-state index in [1.54, 1.807) is 0 Å². The highest BCUT2D eigenvalue weighted by Gasteiger charge is 2.33. The number of hydrogen-bond acceptors (Lipinski definition) is 1. The van der Waals surface area contributed by atoms with Crippen LogP contribution in [-0.4, -0.2) is 10.7 Å². The molecule has 5 heteroatoms. The largest absolute Gasteiger partial charge is 0.413 e. The molecule has 50 heavy (non-hydrogen) atoms. The highest BCUT2D eigenvalue weighted by Crippen LogP contribution is 2.43. The van der Waals surface area contributed by atoms with E-state index in [0.717, 1.165) is 67.8 Å². The van der Waals surface area contributed by atoms with Crippen molar-refractivity contribution in [2.45, 2.75) is 54.6 Å². The van der Waals surface area contributed by atoms with Gasteiger partial charge < -0.3 is 4.57 Å². The summed E-state index contributed by atoms with van der Waals surface area (Å²) in [6, 6.07) is 28.9. The topological polar surface area (TPSA) is 28.7 Å². The highest BCUT2D eigenvalue weighted by atomic mass is 19.4. The van der Waals surface area contributed by atoms with Gasteiger partial charge in [-0.25, -0.2) is 0 Å². The molecular formula is C45H39F3N2. The minimum atomic E-state index is -4.50. The van der Waals surface area contributed by atoms with Crippen molar-refractivity contribution in [2.75, 3.05) is 0 Å². The number of fused-ring (bicyclic) bond motifs is 3. The number of benzene rings is 5. The third-order valence-corrected chi connectivity index (χ3v) is 9.60. The summed E-state index contributed by atoms with van der Waals surface area (Å²) in [5.41, 5.74) is 13.2. The van der Waals surface area contributed by atoms with E-state index < -0.39 is 11.7 Å². The molecule has 1 heterocycles. The zero-order valence-electron chi connectivity index (χ0n) is 29.5. The molecule has 6 rings (SSSR count). The van der Waals surface area contributed by atoms with E-state index in [-0.39, 0.29) is 5.57 Å². The van der Waals surface area contributed by atoms with Crippen molar-refractivity contribution < 1.29 is 13.2 Å². The van der Waals surface area contributed by atoms with Crippen molar-refractivity contribution in [1.29, 1.82) is 5.26 Å². The zero-order chi connectivity index (χ0) is 36.1. The van der Waals surface area contributed by atoms with Gasteiger partial charge in [-0.1, -0.05) is 78.4 Å². The Labute approximate surface area is 292 Å². The minimum Gasteiger partial charge on any atom is -0.309 e. The van der Waals surface area contributed by atoms with E-state index in [1.165, 1.54) is 28.3 Å². The molecule has 0 radical (unpaired) electrons. The lowest BCUT2D eigenvalue weighted by Gasteiger charge is -2.19. The Morgan fingerprint density at radius 1 is 0.760 bits per heavy atom. The first-order valence-electron chi connectivity index (χ1n) is 16.6. The van der Waals surface area contributed by atoms with Crippen molar-refractivity contribution in [3.63, 3.8) is 0 Å². The Bertz CT molecular complexity index is 2440. The molecule has 1 aromatic heterocycles. The van der Waals surface area contributed by atoms with Gasteiger partial charge in [0.25, 0.3) is 0 Å². The number of nitriles is 1. The average molecular weight is 665 g/mol. The van der Waals surface area contributed by atoms with Gasteiger partial charge in [-0.15, -0.1) is 0 Å². The van der Waals surface area contributed by atoms with Gasteiger partial charge in [-0.3, -0.25) is 0 Å². The van der Waals surface area contributed by atoms with E-state index in [9.17, 15) is 18.4 Å². The molecule has 0 bridgehead atoms. The quantitative estimate of drug-likeness (QED) is 0.163. The molecular weight excluding hydrogens is 626 g/mol. The van der Waals surface area contributed by atoms with Gasteiger partial charge >= 0.3 is 6.18 Å². The van der Waals surface area contributed by atoms with Crippen LogP contribution < -0.4 is 0 Å². The van der Waals surface area contributed by atoms with E-state index in [0.29, 0.717) is 11.1 Å². The maximum absolute atomic E-state index is 14.1.